The Labute approximate surface area is 100 Å². The molecule has 0 heterocycles. The number of hydrogen-bond acceptors (Lipinski definition) is 4. The Morgan fingerprint density at radius 1 is 1.31 bits per heavy atom. The number of sulfone groups is 1. The van der Waals surface area contributed by atoms with Crippen molar-refractivity contribution in [1.82, 2.24) is 10.2 Å². The van der Waals surface area contributed by atoms with E-state index in [2.05, 4.69) is 31.0 Å². The first-order valence-electron chi connectivity index (χ1n) is 5.60. The van der Waals surface area contributed by atoms with Crippen LogP contribution in [0.1, 0.15) is 20.8 Å². The van der Waals surface area contributed by atoms with Gasteiger partial charge in [0.25, 0.3) is 0 Å². The third kappa shape index (κ3) is 7.19. The topological polar surface area (TPSA) is 49.4 Å². The van der Waals surface area contributed by atoms with Crippen LogP contribution in [0.2, 0.25) is 0 Å². The Kier molecular flexibility index (Phi) is 5.93. The van der Waals surface area contributed by atoms with Crippen molar-refractivity contribution >= 4 is 9.84 Å². The van der Waals surface area contributed by atoms with Gasteiger partial charge in [0.2, 0.25) is 0 Å². The summed E-state index contributed by atoms with van der Waals surface area (Å²) < 4.78 is 22.1. The van der Waals surface area contributed by atoms with E-state index in [0.29, 0.717) is 12.6 Å². The van der Waals surface area contributed by atoms with E-state index in [1.165, 1.54) is 6.26 Å². The summed E-state index contributed by atoms with van der Waals surface area (Å²) >= 11 is 0. The molecule has 4 nitrogen and oxygen atoms in total. The number of rotatable bonds is 6. The summed E-state index contributed by atoms with van der Waals surface area (Å²) in [5.41, 5.74) is 0.175. The van der Waals surface area contributed by atoms with Crippen molar-refractivity contribution in [2.45, 2.75) is 26.8 Å². The van der Waals surface area contributed by atoms with Gasteiger partial charge in [0, 0.05) is 25.4 Å². The maximum atomic E-state index is 11.0. The summed E-state index contributed by atoms with van der Waals surface area (Å²) in [6.45, 7) is 7.98. The van der Waals surface area contributed by atoms with Crippen LogP contribution >= 0.6 is 0 Å². The molecule has 0 amide bonds. The molecule has 5 heteroatoms. The molecule has 0 aromatic carbocycles. The minimum Gasteiger partial charge on any atom is -0.315 e. The first kappa shape index (κ1) is 15.9. The molecule has 0 fully saturated rings. The largest absolute Gasteiger partial charge is 0.315 e. The predicted octanol–water partition coefficient (Wildman–Crippen LogP) is 0.597. The second-order valence-electron chi connectivity index (χ2n) is 5.60. The molecule has 0 aromatic rings. The van der Waals surface area contributed by atoms with Crippen LogP contribution in [0.3, 0.4) is 0 Å². The lowest BCUT2D eigenvalue weighted by atomic mass is 9.86. The fourth-order valence-electron chi connectivity index (χ4n) is 1.52. The molecule has 0 aliphatic carbocycles. The summed E-state index contributed by atoms with van der Waals surface area (Å²) in [7, 11) is 1.05. The van der Waals surface area contributed by atoms with Crippen molar-refractivity contribution in [2.24, 2.45) is 5.41 Å². The molecule has 1 atom stereocenters. The fourth-order valence-corrected chi connectivity index (χ4v) is 2.17. The second kappa shape index (κ2) is 5.98. The number of nitrogens with zero attached hydrogens (tertiary/aromatic N) is 1. The van der Waals surface area contributed by atoms with Crippen LogP contribution in [0.5, 0.6) is 0 Å². The molecular formula is C11H26N2O2S. The Morgan fingerprint density at radius 2 is 1.81 bits per heavy atom. The minimum absolute atomic E-state index is 0.175. The second-order valence-corrected chi connectivity index (χ2v) is 7.86. The third-order valence-electron chi connectivity index (χ3n) is 2.73. The van der Waals surface area contributed by atoms with Crippen molar-refractivity contribution in [2.75, 3.05) is 39.2 Å². The number of nitrogens with one attached hydrogen (secondary N) is 1. The van der Waals surface area contributed by atoms with Gasteiger partial charge in [-0.25, -0.2) is 8.42 Å². The molecule has 0 bridgehead atoms. The van der Waals surface area contributed by atoms with Crippen molar-refractivity contribution in [3.8, 4) is 0 Å². The van der Waals surface area contributed by atoms with E-state index < -0.39 is 9.84 Å². The van der Waals surface area contributed by atoms with Crippen LogP contribution in [0.15, 0.2) is 0 Å². The average molecular weight is 250 g/mol. The molecule has 98 valence electrons. The van der Waals surface area contributed by atoms with Gasteiger partial charge in [-0.3, -0.25) is 0 Å². The zero-order valence-electron chi connectivity index (χ0n) is 11.4. The predicted molar refractivity (Wildman–Crippen MR) is 69.5 cm³/mol. The van der Waals surface area contributed by atoms with Crippen LogP contribution in [-0.2, 0) is 9.84 Å². The van der Waals surface area contributed by atoms with E-state index in [4.69, 9.17) is 0 Å². The lowest BCUT2D eigenvalue weighted by Crippen LogP contribution is -2.46. The van der Waals surface area contributed by atoms with Gasteiger partial charge in [0.05, 0.1) is 5.75 Å². The molecule has 0 spiro atoms. The van der Waals surface area contributed by atoms with Gasteiger partial charge in [-0.2, -0.15) is 0 Å². The van der Waals surface area contributed by atoms with E-state index in [1.807, 2.05) is 14.1 Å². The standard InChI is InChI=1S/C11H26N2O2S/c1-11(2,3)10(12-4)9-13(5)7-8-16(6,14)15/h10,12H,7-9H2,1-6H3. The Balaban J connectivity index is 4.17. The molecule has 16 heavy (non-hydrogen) atoms. The Hall–Kier alpha value is -0.130. The quantitative estimate of drug-likeness (QED) is 0.750. The van der Waals surface area contributed by atoms with Gasteiger partial charge in [-0.05, 0) is 19.5 Å². The zero-order chi connectivity index (χ0) is 13.0. The number of hydrogen-bond donors (Lipinski definition) is 1. The molecule has 0 saturated heterocycles. The molecule has 0 radical (unpaired) electrons. The highest BCUT2D eigenvalue weighted by Gasteiger charge is 2.24. The number of likely N-dealkylation sites (N-methyl/N-ethyl adjacent to an activating group) is 2. The molecule has 0 aliphatic heterocycles. The van der Waals surface area contributed by atoms with Gasteiger partial charge in [-0.1, -0.05) is 20.8 Å². The molecular weight excluding hydrogens is 224 g/mol. The summed E-state index contributed by atoms with van der Waals surface area (Å²) in [6.07, 6.45) is 1.28. The van der Waals surface area contributed by atoms with Gasteiger partial charge < -0.3 is 10.2 Å². The SMILES string of the molecule is CNC(CN(C)CCS(C)(=O)=O)C(C)(C)C. The zero-order valence-corrected chi connectivity index (χ0v) is 12.2. The first-order chi connectivity index (χ1) is 7.06. The molecule has 0 aromatic heterocycles. The summed E-state index contributed by atoms with van der Waals surface area (Å²) in [6, 6.07) is 0.358. The van der Waals surface area contributed by atoms with Crippen LogP contribution in [-0.4, -0.2) is 58.6 Å². The summed E-state index contributed by atoms with van der Waals surface area (Å²) in [5, 5.41) is 3.28. The van der Waals surface area contributed by atoms with E-state index in [0.717, 1.165) is 6.54 Å². The van der Waals surface area contributed by atoms with Gasteiger partial charge in [0.15, 0.2) is 0 Å². The maximum absolute atomic E-state index is 11.0. The maximum Gasteiger partial charge on any atom is 0.148 e. The molecule has 0 rings (SSSR count). The van der Waals surface area contributed by atoms with Crippen LogP contribution in [0.25, 0.3) is 0 Å². The van der Waals surface area contributed by atoms with Crippen molar-refractivity contribution in [3.05, 3.63) is 0 Å². The van der Waals surface area contributed by atoms with Gasteiger partial charge in [0.1, 0.15) is 9.84 Å². The van der Waals surface area contributed by atoms with Crippen LogP contribution in [0.4, 0.5) is 0 Å². The van der Waals surface area contributed by atoms with Crippen molar-refractivity contribution < 1.29 is 8.42 Å². The van der Waals surface area contributed by atoms with Crippen LogP contribution < -0.4 is 5.32 Å². The lowest BCUT2D eigenvalue weighted by Gasteiger charge is -2.33. The highest BCUT2D eigenvalue weighted by atomic mass is 32.2. The minimum atomic E-state index is -2.86. The summed E-state index contributed by atoms with van der Waals surface area (Å²) in [5.74, 6) is 0.226. The van der Waals surface area contributed by atoms with Crippen LogP contribution in [0, 0.1) is 5.41 Å². The average Bonchev–Trinajstić information content (AvgIpc) is 2.07. The van der Waals surface area contributed by atoms with Crippen molar-refractivity contribution in [3.63, 3.8) is 0 Å². The normalized spacial score (nSPS) is 15.4. The highest BCUT2D eigenvalue weighted by Crippen LogP contribution is 2.19. The van der Waals surface area contributed by atoms with Gasteiger partial charge in [-0.15, -0.1) is 0 Å². The van der Waals surface area contributed by atoms with E-state index in [-0.39, 0.29) is 11.2 Å². The monoisotopic (exact) mass is 250 g/mol. The summed E-state index contributed by atoms with van der Waals surface area (Å²) in [4.78, 5) is 2.06. The molecule has 1 N–H and O–H groups in total. The molecule has 0 aliphatic rings. The Bertz CT molecular complexity index is 294. The first-order valence-corrected chi connectivity index (χ1v) is 7.66. The van der Waals surface area contributed by atoms with E-state index in [1.54, 1.807) is 0 Å². The van der Waals surface area contributed by atoms with E-state index in [9.17, 15) is 8.42 Å². The fraction of sp³-hybridized carbons (Fsp3) is 1.00. The third-order valence-corrected chi connectivity index (χ3v) is 3.66. The van der Waals surface area contributed by atoms with Gasteiger partial charge >= 0.3 is 0 Å². The highest BCUT2D eigenvalue weighted by molar-refractivity contribution is 7.90. The molecule has 1 unspecified atom stereocenters. The van der Waals surface area contributed by atoms with Crippen molar-refractivity contribution in [1.29, 1.82) is 0 Å². The Morgan fingerprint density at radius 3 is 2.12 bits per heavy atom. The smallest absolute Gasteiger partial charge is 0.148 e. The molecule has 0 saturated carbocycles. The lowest BCUT2D eigenvalue weighted by molar-refractivity contribution is 0.208. The van der Waals surface area contributed by atoms with E-state index >= 15 is 0 Å².